The number of benzene rings is 1. The summed E-state index contributed by atoms with van der Waals surface area (Å²) in [5, 5.41) is 3.91. The molecule has 0 radical (unpaired) electrons. The molecule has 100 valence electrons. The van der Waals surface area contributed by atoms with Crippen molar-refractivity contribution in [1.82, 2.24) is 9.78 Å². The van der Waals surface area contributed by atoms with Crippen molar-refractivity contribution in [3.63, 3.8) is 0 Å². The first-order chi connectivity index (χ1) is 9.11. The minimum absolute atomic E-state index is 0.247. The molecule has 2 aromatic rings. The average molecular weight is 325 g/mol. The van der Waals surface area contributed by atoms with E-state index in [1.54, 1.807) is 31.3 Å². The molecule has 1 aromatic heterocycles. The molecule has 5 nitrogen and oxygen atoms in total. The van der Waals surface area contributed by atoms with Crippen molar-refractivity contribution >= 4 is 15.9 Å². The summed E-state index contributed by atoms with van der Waals surface area (Å²) < 4.78 is 12.5. The Kier molecular flexibility index (Phi) is 4.21. The van der Waals surface area contributed by atoms with Crippen LogP contribution in [0.5, 0.6) is 17.2 Å². The lowest BCUT2D eigenvalue weighted by molar-refractivity contribution is 0.339. The third-order valence-corrected chi connectivity index (χ3v) is 3.14. The van der Waals surface area contributed by atoms with E-state index in [1.165, 1.54) is 10.9 Å². The van der Waals surface area contributed by atoms with Gasteiger partial charge in [-0.1, -0.05) is 0 Å². The molecule has 6 heteroatoms. The predicted octanol–water partition coefficient (Wildman–Crippen LogP) is 2.73. The van der Waals surface area contributed by atoms with Crippen molar-refractivity contribution < 1.29 is 9.47 Å². The maximum Gasteiger partial charge on any atom is 0.284 e. The number of rotatable bonds is 4. The highest BCUT2D eigenvalue weighted by atomic mass is 79.9. The van der Waals surface area contributed by atoms with E-state index in [0.717, 1.165) is 5.75 Å². The van der Waals surface area contributed by atoms with E-state index in [0.29, 0.717) is 22.6 Å². The van der Waals surface area contributed by atoms with Crippen LogP contribution in [0.25, 0.3) is 0 Å². The second-order valence-electron chi connectivity index (χ2n) is 3.76. The second-order valence-corrected chi connectivity index (χ2v) is 4.55. The summed E-state index contributed by atoms with van der Waals surface area (Å²) in [4.78, 5) is 11.7. The zero-order valence-corrected chi connectivity index (χ0v) is 12.2. The SMILES string of the molecule is CCOc1ccc(Oc2cnn(C)c(=O)c2Br)cc1. The van der Waals surface area contributed by atoms with Gasteiger partial charge in [0.2, 0.25) is 0 Å². The van der Waals surface area contributed by atoms with Crippen LogP contribution in [0.1, 0.15) is 6.92 Å². The lowest BCUT2D eigenvalue weighted by Gasteiger charge is -2.08. The molecule has 0 aliphatic rings. The molecule has 0 fully saturated rings. The van der Waals surface area contributed by atoms with Crippen molar-refractivity contribution in [3.8, 4) is 17.2 Å². The molecule has 0 aliphatic heterocycles. The molecule has 19 heavy (non-hydrogen) atoms. The fourth-order valence-electron chi connectivity index (χ4n) is 1.46. The van der Waals surface area contributed by atoms with E-state index in [4.69, 9.17) is 9.47 Å². The van der Waals surface area contributed by atoms with Gasteiger partial charge in [0, 0.05) is 7.05 Å². The van der Waals surface area contributed by atoms with E-state index in [2.05, 4.69) is 21.0 Å². The summed E-state index contributed by atoms with van der Waals surface area (Å²) in [7, 11) is 1.58. The first-order valence-electron chi connectivity index (χ1n) is 5.74. The number of hydrogen-bond acceptors (Lipinski definition) is 4. The molecule has 0 aliphatic carbocycles. The number of ether oxygens (including phenoxy) is 2. The minimum atomic E-state index is -0.247. The van der Waals surface area contributed by atoms with Gasteiger partial charge in [0.05, 0.1) is 12.8 Å². The summed E-state index contributed by atoms with van der Waals surface area (Å²) >= 11 is 3.20. The van der Waals surface area contributed by atoms with Gasteiger partial charge < -0.3 is 9.47 Å². The van der Waals surface area contributed by atoms with Crippen LogP contribution in [0.15, 0.2) is 39.7 Å². The molecule has 0 spiro atoms. The lowest BCUT2D eigenvalue weighted by Crippen LogP contribution is -2.20. The molecule has 0 saturated heterocycles. The second kappa shape index (κ2) is 5.88. The zero-order valence-electron chi connectivity index (χ0n) is 10.6. The molecule has 0 atom stereocenters. The van der Waals surface area contributed by atoms with Crippen molar-refractivity contribution in [2.45, 2.75) is 6.92 Å². The Morgan fingerprint density at radius 3 is 2.53 bits per heavy atom. The van der Waals surface area contributed by atoms with E-state index in [9.17, 15) is 4.79 Å². The summed E-state index contributed by atoms with van der Waals surface area (Å²) in [5.41, 5.74) is -0.247. The number of hydrogen-bond donors (Lipinski definition) is 0. The fourth-order valence-corrected chi connectivity index (χ4v) is 1.90. The number of nitrogens with zero attached hydrogens (tertiary/aromatic N) is 2. The van der Waals surface area contributed by atoms with Gasteiger partial charge >= 0.3 is 0 Å². The van der Waals surface area contributed by atoms with Gasteiger partial charge in [-0.25, -0.2) is 4.68 Å². The van der Waals surface area contributed by atoms with Gasteiger partial charge in [-0.2, -0.15) is 5.10 Å². The Labute approximate surface area is 118 Å². The van der Waals surface area contributed by atoms with Crippen LogP contribution in [-0.4, -0.2) is 16.4 Å². The van der Waals surface area contributed by atoms with E-state index in [1.807, 2.05) is 6.92 Å². The smallest absolute Gasteiger partial charge is 0.284 e. The molecular formula is C13H13BrN2O3. The van der Waals surface area contributed by atoms with Crippen LogP contribution in [0, 0.1) is 0 Å². The zero-order chi connectivity index (χ0) is 13.8. The molecule has 1 aromatic carbocycles. The van der Waals surface area contributed by atoms with Crippen molar-refractivity contribution in [2.24, 2.45) is 7.05 Å². The van der Waals surface area contributed by atoms with Crippen molar-refractivity contribution in [1.29, 1.82) is 0 Å². The van der Waals surface area contributed by atoms with E-state index < -0.39 is 0 Å². The summed E-state index contributed by atoms with van der Waals surface area (Å²) in [5.74, 6) is 1.77. The van der Waals surface area contributed by atoms with Gasteiger partial charge in [0.1, 0.15) is 16.0 Å². The summed E-state index contributed by atoms with van der Waals surface area (Å²) in [6.07, 6.45) is 1.49. The topological polar surface area (TPSA) is 53.4 Å². The van der Waals surface area contributed by atoms with Crippen LogP contribution in [0.4, 0.5) is 0 Å². The maximum atomic E-state index is 11.7. The molecule has 0 N–H and O–H groups in total. The highest BCUT2D eigenvalue weighted by Gasteiger charge is 2.09. The third kappa shape index (κ3) is 3.14. The molecule has 0 unspecified atom stereocenters. The molecule has 1 heterocycles. The molecule has 2 rings (SSSR count). The Balaban J connectivity index is 2.22. The molecule has 0 saturated carbocycles. The maximum absolute atomic E-state index is 11.7. The summed E-state index contributed by atoms with van der Waals surface area (Å²) in [6.45, 7) is 2.54. The van der Waals surface area contributed by atoms with Gasteiger partial charge in [-0.05, 0) is 47.1 Å². The largest absolute Gasteiger partial charge is 0.494 e. The number of halogens is 1. The van der Waals surface area contributed by atoms with Crippen LogP contribution in [-0.2, 0) is 7.05 Å². The third-order valence-electron chi connectivity index (χ3n) is 2.41. The number of aromatic nitrogens is 2. The lowest BCUT2D eigenvalue weighted by atomic mass is 10.3. The van der Waals surface area contributed by atoms with Crippen LogP contribution >= 0.6 is 15.9 Å². The highest BCUT2D eigenvalue weighted by Crippen LogP contribution is 2.27. The normalized spacial score (nSPS) is 10.3. The predicted molar refractivity (Wildman–Crippen MR) is 74.9 cm³/mol. The van der Waals surface area contributed by atoms with Crippen LogP contribution in [0.3, 0.4) is 0 Å². The Hall–Kier alpha value is -1.82. The van der Waals surface area contributed by atoms with Crippen LogP contribution < -0.4 is 15.0 Å². The van der Waals surface area contributed by atoms with Gasteiger partial charge in [-0.3, -0.25) is 4.79 Å². The standard InChI is InChI=1S/C13H13BrN2O3/c1-3-18-9-4-6-10(7-5-9)19-11-8-15-16(2)13(17)12(11)14/h4-8H,3H2,1-2H3. The molecule has 0 bridgehead atoms. The van der Waals surface area contributed by atoms with E-state index >= 15 is 0 Å². The Morgan fingerprint density at radius 1 is 1.26 bits per heavy atom. The first-order valence-corrected chi connectivity index (χ1v) is 6.53. The molecular weight excluding hydrogens is 312 g/mol. The van der Waals surface area contributed by atoms with E-state index in [-0.39, 0.29) is 5.56 Å². The highest BCUT2D eigenvalue weighted by molar-refractivity contribution is 9.10. The summed E-state index contributed by atoms with van der Waals surface area (Å²) in [6, 6.07) is 7.16. The molecule has 0 amide bonds. The minimum Gasteiger partial charge on any atom is -0.494 e. The van der Waals surface area contributed by atoms with Crippen molar-refractivity contribution in [2.75, 3.05) is 6.61 Å². The average Bonchev–Trinajstić information content (AvgIpc) is 2.42. The first kappa shape index (κ1) is 13.6. The quantitative estimate of drug-likeness (QED) is 0.867. The van der Waals surface area contributed by atoms with Gasteiger partial charge in [-0.15, -0.1) is 0 Å². The Morgan fingerprint density at radius 2 is 1.89 bits per heavy atom. The van der Waals surface area contributed by atoms with Gasteiger partial charge in [0.25, 0.3) is 5.56 Å². The van der Waals surface area contributed by atoms with Gasteiger partial charge in [0.15, 0.2) is 5.75 Å². The van der Waals surface area contributed by atoms with Crippen LogP contribution in [0.2, 0.25) is 0 Å². The fraction of sp³-hybridized carbons (Fsp3) is 0.231. The Bertz CT molecular complexity index is 623. The monoisotopic (exact) mass is 324 g/mol. The van der Waals surface area contributed by atoms with Crippen molar-refractivity contribution in [3.05, 3.63) is 45.3 Å². The number of aryl methyl sites for hydroxylation is 1.